The highest BCUT2D eigenvalue weighted by Gasteiger charge is 2.50. The molecule has 0 fully saturated rings. The average molecular weight is 353 g/mol. The molecular formula is C20H39B5F. The fourth-order valence-corrected chi connectivity index (χ4v) is 3.69. The van der Waals surface area contributed by atoms with Crippen molar-refractivity contribution in [3.8, 4) is 0 Å². The van der Waals surface area contributed by atoms with Gasteiger partial charge in [0.15, 0.2) is 0 Å². The first-order chi connectivity index (χ1) is 11.1. The standard InChI is InChI=1S/C20H39B5F/c1-14(2)23-19(11,21)16(5,6)13-15(3,4)17(7,8)24-20(12,22)18(9,10)25-26/h14H,13H2,1-12H3. The average Bonchev–Trinajstić information content (AvgIpc) is 2.33. The van der Waals surface area contributed by atoms with Gasteiger partial charge < -0.3 is 4.32 Å². The topological polar surface area (TPSA) is 0 Å². The Bertz CT molecular complexity index is 465. The minimum atomic E-state index is -0.761. The Labute approximate surface area is 169 Å². The van der Waals surface area contributed by atoms with Gasteiger partial charge >= 0.3 is 7.56 Å². The van der Waals surface area contributed by atoms with Gasteiger partial charge in [-0.05, 0) is 22.6 Å². The summed E-state index contributed by atoms with van der Waals surface area (Å²) in [5.41, 5.74) is -0.173. The van der Waals surface area contributed by atoms with Crippen LogP contribution in [0.4, 0.5) is 4.32 Å². The predicted molar refractivity (Wildman–Crippen MR) is 122 cm³/mol. The van der Waals surface area contributed by atoms with Crippen molar-refractivity contribution in [3.63, 3.8) is 0 Å². The van der Waals surface area contributed by atoms with E-state index in [4.69, 9.17) is 15.7 Å². The van der Waals surface area contributed by atoms with Crippen LogP contribution in [-0.2, 0) is 0 Å². The molecule has 0 aliphatic heterocycles. The van der Waals surface area contributed by atoms with E-state index in [2.05, 4.69) is 76.9 Å². The van der Waals surface area contributed by atoms with Gasteiger partial charge in [-0.15, -0.1) is 0 Å². The molecule has 2 unspecified atom stereocenters. The number of hydrogen-bond acceptors (Lipinski definition) is 0. The molecule has 6 heteroatoms. The Morgan fingerprint density at radius 3 is 1.50 bits per heavy atom. The first-order valence-corrected chi connectivity index (χ1v) is 9.90. The van der Waals surface area contributed by atoms with Crippen LogP contribution in [0.5, 0.6) is 0 Å². The third kappa shape index (κ3) is 5.87. The summed E-state index contributed by atoms with van der Waals surface area (Å²) in [4.78, 5) is 0. The number of halogens is 1. The highest BCUT2D eigenvalue weighted by atomic mass is 19.1. The molecule has 0 bridgehead atoms. The van der Waals surface area contributed by atoms with Crippen LogP contribution in [0.2, 0.25) is 26.9 Å². The van der Waals surface area contributed by atoms with Gasteiger partial charge in [0.2, 0.25) is 0 Å². The largest absolute Gasteiger partial charge is 0.359 e. The third-order valence-corrected chi connectivity index (χ3v) is 7.09. The monoisotopic (exact) mass is 353 g/mol. The molecule has 0 heterocycles. The van der Waals surface area contributed by atoms with E-state index in [-0.39, 0.29) is 21.4 Å². The SMILES string of the molecule is [B]C(C)([B]C(C)(C)C(C)(C)CC(C)(C)C([B])(C)[B]C(C)C)C(C)(C)[B]F. The van der Waals surface area contributed by atoms with Crippen LogP contribution in [0, 0.1) is 10.8 Å². The van der Waals surface area contributed by atoms with E-state index in [1.54, 1.807) is 0 Å². The molecule has 0 aromatic carbocycles. The zero-order valence-corrected chi connectivity index (χ0v) is 19.5. The lowest BCUT2D eigenvalue weighted by atomic mass is 9.21. The van der Waals surface area contributed by atoms with Gasteiger partial charge in [0.05, 0.1) is 15.7 Å². The fraction of sp³-hybridized carbons (Fsp3) is 1.00. The summed E-state index contributed by atoms with van der Waals surface area (Å²) < 4.78 is 13.4. The Morgan fingerprint density at radius 1 is 0.731 bits per heavy atom. The Hall–Kier alpha value is 0.255. The first kappa shape index (κ1) is 26.3. The van der Waals surface area contributed by atoms with Gasteiger partial charge in [-0.3, -0.25) is 0 Å². The van der Waals surface area contributed by atoms with Crippen molar-refractivity contribution in [1.82, 2.24) is 0 Å². The quantitative estimate of drug-likeness (QED) is 0.407. The molecule has 26 heavy (non-hydrogen) atoms. The Morgan fingerprint density at radius 2 is 1.15 bits per heavy atom. The lowest BCUT2D eigenvalue weighted by molar-refractivity contribution is 0.132. The van der Waals surface area contributed by atoms with Crippen molar-refractivity contribution in [2.75, 3.05) is 0 Å². The van der Waals surface area contributed by atoms with Gasteiger partial charge in [0.1, 0.15) is 14.6 Å². The van der Waals surface area contributed by atoms with E-state index in [1.165, 1.54) is 0 Å². The van der Waals surface area contributed by atoms with Crippen molar-refractivity contribution in [2.24, 2.45) is 10.8 Å². The number of rotatable bonds is 10. The minimum Gasteiger partial charge on any atom is -0.342 e. The van der Waals surface area contributed by atoms with E-state index >= 15 is 0 Å². The maximum Gasteiger partial charge on any atom is 0.359 e. The zero-order chi connectivity index (χ0) is 21.4. The molecule has 0 aliphatic rings. The lowest BCUT2D eigenvalue weighted by Crippen LogP contribution is -2.46. The normalized spacial score (nSPS) is 18.8. The molecule has 0 aliphatic carbocycles. The smallest absolute Gasteiger partial charge is 0.342 e. The van der Waals surface area contributed by atoms with Gasteiger partial charge in [-0.1, -0.05) is 105 Å². The fourth-order valence-electron chi connectivity index (χ4n) is 3.69. The van der Waals surface area contributed by atoms with Gasteiger partial charge in [0, 0.05) is 0 Å². The summed E-state index contributed by atoms with van der Waals surface area (Å²) >= 11 is 0. The van der Waals surface area contributed by atoms with Crippen molar-refractivity contribution >= 4 is 37.8 Å². The number of hydrogen-bond donors (Lipinski definition) is 0. The third-order valence-electron chi connectivity index (χ3n) is 7.09. The molecule has 0 rings (SSSR count). The summed E-state index contributed by atoms with van der Waals surface area (Å²) in [7, 11) is 18.4. The van der Waals surface area contributed by atoms with Crippen LogP contribution in [0.15, 0.2) is 0 Å². The molecule has 0 spiro atoms. The lowest BCUT2D eigenvalue weighted by Gasteiger charge is -2.55. The van der Waals surface area contributed by atoms with Crippen LogP contribution in [0.3, 0.4) is 0 Å². The summed E-state index contributed by atoms with van der Waals surface area (Å²) in [5.74, 6) is 0.431. The van der Waals surface area contributed by atoms with Crippen LogP contribution >= 0.6 is 0 Å². The molecule has 0 N–H and O–H groups in total. The van der Waals surface area contributed by atoms with Crippen molar-refractivity contribution in [3.05, 3.63) is 0 Å². The molecule has 0 aromatic heterocycles. The highest BCUT2D eigenvalue weighted by Crippen LogP contribution is 2.60. The molecule has 0 nitrogen and oxygen atoms in total. The van der Waals surface area contributed by atoms with Gasteiger partial charge in [-0.2, -0.15) is 0 Å². The van der Waals surface area contributed by atoms with Gasteiger partial charge in [0.25, 0.3) is 0 Å². The van der Waals surface area contributed by atoms with Crippen molar-refractivity contribution < 1.29 is 4.32 Å². The van der Waals surface area contributed by atoms with E-state index < -0.39 is 10.5 Å². The van der Waals surface area contributed by atoms with Crippen molar-refractivity contribution in [1.29, 1.82) is 0 Å². The predicted octanol–water partition coefficient (Wildman–Crippen LogP) is 6.26. The van der Waals surface area contributed by atoms with Crippen LogP contribution in [0.1, 0.15) is 89.5 Å². The van der Waals surface area contributed by atoms with Crippen LogP contribution in [0.25, 0.3) is 0 Å². The minimum absolute atomic E-state index is 0.0744. The van der Waals surface area contributed by atoms with E-state index in [0.29, 0.717) is 13.4 Å². The zero-order valence-electron chi connectivity index (χ0n) is 19.5. The molecule has 2 atom stereocenters. The van der Waals surface area contributed by atoms with Crippen LogP contribution < -0.4 is 0 Å². The van der Waals surface area contributed by atoms with Crippen LogP contribution in [-0.4, -0.2) is 37.8 Å². The second-order valence-corrected chi connectivity index (χ2v) is 11.6. The Balaban J connectivity index is 5.59. The van der Waals surface area contributed by atoms with Crippen molar-refractivity contribution in [2.45, 2.75) is 116 Å². The Kier molecular flexibility index (Phi) is 8.02. The highest BCUT2D eigenvalue weighted by molar-refractivity contribution is 6.60. The summed E-state index contributed by atoms with van der Waals surface area (Å²) in [5, 5.41) is -2.08. The molecule has 0 aromatic rings. The van der Waals surface area contributed by atoms with E-state index in [9.17, 15) is 4.32 Å². The summed E-state index contributed by atoms with van der Waals surface area (Å²) in [6, 6.07) is 0. The maximum atomic E-state index is 13.4. The molecule has 0 amide bonds. The summed E-state index contributed by atoms with van der Waals surface area (Å²) in [6.07, 6.45) is 0.926. The second-order valence-electron chi connectivity index (χ2n) is 11.6. The van der Waals surface area contributed by atoms with E-state index in [0.717, 1.165) is 6.42 Å². The molecule has 141 valence electrons. The molecular weight excluding hydrogens is 313 g/mol. The summed E-state index contributed by atoms with van der Waals surface area (Å²) in [6.45, 7) is 25.4. The first-order valence-electron chi connectivity index (χ1n) is 9.90. The molecule has 0 saturated heterocycles. The van der Waals surface area contributed by atoms with E-state index in [1.807, 2.05) is 20.8 Å². The molecule has 0 saturated carbocycles. The molecule has 7 radical (unpaired) electrons. The second kappa shape index (κ2) is 7.94. The maximum absolute atomic E-state index is 13.4. The van der Waals surface area contributed by atoms with Gasteiger partial charge in [-0.25, -0.2) is 0 Å².